The lowest BCUT2D eigenvalue weighted by Crippen LogP contribution is -2.30. The summed E-state index contributed by atoms with van der Waals surface area (Å²) in [5.41, 5.74) is 3.83. The van der Waals surface area contributed by atoms with E-state index in [1.165, 1.54) is 5.56 Å². The summed E-state index contributed by atoms with van der Waals surface area (Å²) in [4.78, 5) is 13.6. The Hall–Kier alpha value is -2.11. The molecule has 0 atom stereocenters. The van der Waals surface area contributed by atoms with Crippen LogP contribution in [-0.2, 0) is 13.1 Å². The number of aryl methyl sites for hydroxylation is 1. The minimum Gasteiger partial charge on any atom is -0.464 e. The summed E-state index contributed by atoms with van der Waals surface area (Å²) in [7, 11) is 2.01. The Morgan fingerprint density at radius 3 is 2.65 bits per heavy atom. The van der Waals surface area contributed by atoms with Crippen molar-refractivity contribution in [3.05, 3.63) is 59.0 Å². The highest BCUT2D eigenvalue weighted by molar-refractivity contribution is 5.94. The third-order valence-corrected chi connectivity index (χ3v) is 3.07. The largest absolute Gasteiger partial charge is 0.464 e. The topological polar surface area (TPSA) is 71.5 Å². The molecule has 1 aromatic heterocycles. The van der Waals surface area contributed by atoms with E-state index in [0.29, 0.717) is 17.9 Å². The first-order chi connectivity index (χ1) is 9.60. The highest BCUT2D eigenvalue weighted by Crippen LogP contribution is 2.16. The molecule has 0 aliphatic heterocycles. The number of hydrogen-bond acceptors (Lipinski definition) is 4. The van der Waals surface area contributed by atoms with Gasteiger partial charge in [0, 0.05) is 6.54 Å². The summed E-state index contributed by atoms with van der Waals surface area (Å²) in [5.74, 6) is 6.13. The minimum atomic E-state index is -0.330. The van der Waals surface area contributed by atoms with Gasteiger partial charge >= 0.3 is 0 Å². The Balaban J connectivity index is 2.01. The van der Waals surface area contributed by atoms with Crippen LogP contribution in [0.4, 0.5) is 0 Å². The van der Waals surface area contributed by atoms with Gasteiger partial charge in [-0.2, -0.15) is 0 Å². The van der Waals surface area contributed by atoms with Crippen LogP contribution in [0.1, 0.15) is 27.4 Å². The van der Waals surface area contributed by atoms with Crippen LogP contribution in [0, 0.1) is 6.92 Å². The van der Waals surface area contributed by atoms with Gasteiger partial charge in [-0.25, -0.2) is 5.84 Å². The summed E-state index contributed by atoms with van der Waals surface area (Å²) < 4.78 is 5.59. The molecule has 3 N–H and O–H groups in total. The molecule has 106 valence electrons. The molecule has 5 nitrogen and oxygen atoms in total. The Morgan fingerprint density at radius 2 is 2.00 bits per heavy atom. The van der Waals surface area contributed by atoms with Crippen LogP contribution in [0.15, 0.2) is 40.8 Å². The molecule has 20 heavy (non-hydrogen) atoms. The van der Waals surface area contributed by atoms with Crippen molar-refractivity contribution in [1.29, 1.82) is 0 Å². The van der Waals surface area contributed by atoms with Crippen LogP contribution in [0.3, 0.4) is 0 Å². The van der Waals surface area contributed by atoms with Crippen LogP contribution in [0.25, 0.3) is 0 Å². The van der Waals surface area contributed by atoms with Crippen molar-refractivity contribution in [3.8, 4) is 0 Å². The number of nitrogens with two attached hydrogens (primary N) is 1. The van der Waals surface area contributed by atoms with Gasteiger partial charge in [0.1, 0.15) is 11.5 Å². The van der Waals surface area contributed by atoms with Crippen molar-refractivity contribution in [1.82, 2.24) is 10.3 Å². The van der Waals surface area contributed by atoms with E-state index < -0.39 is 0 Å². The van der Waals surface area contributed by atoms with Crippen LogP contribution >= 0.6 is 0 Å². The van der Waals surface area contributed by atoms with E-state index in [1.807, 2.05) is 25.2 Å². The van der Waals surface area contributed by atoms with Crippen LogP contribution in [-0.4, -0.2) is 17.9 Å². The predicted octanol–water partition coefficient (Wildman–Crippen LogP) is 1.82. The van der Waals surface area contributed by atoms with Gasteiger partial charge in [-0.3, -0.25) is 15.1 Å². The van der Waals surface area contributed by atoms with E-state index in [9.17, 15) is 4.79 Å². The van der Waals surface area contributed by atoms with Crippen molar-refractivity contribution >= 4 is 5.91 Å². The van der Waals surface area contributed by atoms with Crippen LogP contribution in [0.5, 0.6) is 0 Å². The van der Waals surface area contributed by atoms with E-state index in [2.05, 4.69) is 22.5 Å². The first-order valence-electron chi connectivity index (χ1n) is 6.43. The molecule has 2 rings (SSSR count). The van der Waals surface area contributed by atoms with Gasteiger partial charge in [0.05, 0.1) is 12.1 Å². The van der Waals surface area contributed by atoms with E-state index in [-0.39, 0.29) is 5.91 Å². The van der Waals surface area contributed by atoms with Crippen molar-refractivity contribution in [2.45, 2.75) is 20.0 Å². The van der Waals surface area contributed by atoms with Gasteiger partial charge in [-0.05, 0) is 25.6 Å². The zero-order chi connectivity index (χ0) is 14.5. The smallest absolute Gasteiger partial charge is 0.268 e. The Labute approximate surface area is 118 Å². The fourth-order valence-corrected chi connectivity index (χ4v) is 2.14. The quantitative estimate of drug-likeness (QED) is 0.495. The van der Waals surface area contributed by atoms with Gasteiger partial charge < -0.3 is 4.42 Å². The van der Waals surface area contributed by atoms with E-state index in [4.69, 9.17) is 10.3 Å². The Morgan fingerprint density at radius 1 is 1.30 bits per heavy atom. The normalized spacial score (nSPS) is 10.8. The van der Waals surface area contributed by atoms with E-state index in [0.717, 1.165) is 12.3 Å². The molecule has 5 heteroatoms. The maximum Gasteiger partial charge on any atom is 0.268 e. The van der Waals surface area contributed by atoms with Crippen LogP contribution < -0.4 is 11.3 Å². The molecule has 0 bridgehead atoms. The summed E-state index contributed by atoms with van der Waals surface area (Å²) >= 11 is 0. The monoisotopic (exact) mass is 273 g/mol. The second-order valence-corrected chi connectivity index (χ2v) is 4.81. The number of nitrogen functional groups attached to an aromatic ring is 1. The number of nitrogens with zero attached hydrogens (tertiary/aromatic N) is 1. The first-order valence-corrected chi connectivity index (χ1v) is 6.43. The lowest BCUT2D eigenvalue weighted by molar-refractivity contribution is 0.0952. The van der Waals surface area contributed by atoms with Crippen molar-refractivity contribution in [2.75, 3.05) is 7.05 Å². The average Bonchev–Trinajstić information content (AvgIpc) is 2.79. The zero-order valence-electron chi connectivity index (χ0n) is 11.7. The zero-order valence-corrected chi connectivity index (χ0v) is 11.7. The highest BCUT2D eigenvalue weighted by Gasteiger charge is 2.14. The molecule has 0 aliphatic carbocycles. The number of carbonyl (C=O) groups is 1. The second-order valence-electron chi connectivity index (χ2n) is 4.81. The molecule has 0 saturated heterocycles. The molecule has 0 aliphatic rings. The number of amides is 1. The molecule has 1 heterocycles. The molecular weight excluding hydrogens is 254 g/mol. The fourth-order valence-electron chi connectivity index (χ4n) is 2.14. The van der Waals surface area contributed by atoms with Gasteiger partial charge in [0.25, 0.3) is 5.91 Å². The molecule has 0 saturated carbocycles. The van der Waals surface area contributed by atoms with Crippen molar-refractivity contribution in [3.63, 3.8) is 0 Å². The van der Waals surface area contributed by atoms with Crippen molar-refractivity contribution < 1.29 is 9.21 Å². The number of carbonyl (C=O) groups excluding carboxylic acids is 1. The number of rotatable bonds is 5. The fraction of sp³-hybridized carbons (Fsp3) is 0.267. The Bertz CT molecular complexity index is 578. The third kappa shape index (κ3) is 3.46. The summed E-state index contributed by atoms with van der Waals surface area (Å²) in [6.45, 7) is 3.21. The Kier molecular flexibility index (Phi) is 4.55. The number of hydrazine groups is 1. The number of nitrogens with one attached hydrogen (secondary N) is 1. The summed E-state index contributed by atoms with van der Waals surface area (Å²) in [6.07, 6.45) is 0. The predicted molar refractivity (Wildman–Crippen MR) is 76.7 cm³/mol. The number of benzene rings is 1. The lowest BCUT2D eigenvalue weighted by atomic mass is 10.2. The molecule has 0 radical (unpaired) electrons. The average molecular weight is 273 g/mol. The molecular formula is C15H19N3O2. The van der Waals surface area contributed by atoms with Gasteiger partial charge in [-0.1, -0.05) is 30.3 Å². The molecule has 0 fully saturated rings. The first kappa shape index (κ1) is 14.3. The lowest BCUT2D eigenvalue weighted by Gasteiger charge is -2.14. The second kappa shape index (κ2) is 6.36. The molecule has 2 aromatic rings. The van der Waals surface area contributed by atoms with Crippen LogP contribution in [0.2, 0.25) is 0 Å². The minimum absolute atomic E-state index is 0.330. The van der Waals surface area contributed by atoms with Gasteiger partial charge in [0.2, 0.25) is 0 Å². The maximum absolute atomic E-state index is 11.5. The molecule has 1 aromatic carbocycles. The van der Waals surface area contributed by atoms with Gasteiger partial charge in [-0.15, -0.1) is 0 Å². The SMILES string of the molecule is Cc1oc(CN(C)Cc2ccccc2)cc1C(=O)NN. The number of hydrogen-bond donors (Lipinski definition) is 2. The van der Waals surface area contributed by atoms with E-state index >= 15 is 0 Å². The van der Waals surface area contributed by atoms with E-state index in [1.54, 1.807) is 13.0 Å². The summed E-state index contributed by atoms with van der Waals surface area (Å²) in [6, 6.07) is 11.9. The van der Waals surface area contributed by atoms with Gasteiger partial charge in [0.15, 0.2) is 0 Å². The number of furan rings is 1. The summed E-state index contributed by atoms with van der Waals surface area (Å²) in [5, 5.41) is 0. The molecule has 0 spiro atoms. The van der Waals surface area contributed by atoms with Crippen molar-refractivity contribution in [2.24, 2.45) is 5.84 Å². The third-order valence-electron chi connectivity index (χ3n) is 3.07. The maximum atomic E-state index is 11.5. The molecule has 0 unspecified atom stereocenters. The molecule has 1 amide bonds. The highest BCUT2D eigenvalue weighted by atomic mass is 16.3. The standard InChI is InChI=1S/C15H19N3O2/c1-11-14(15(19)17-16)8-13(20-11)10-18(2)9-12-6-4-3-5-7-12/h3-8H,9-10,16H2,1-2H3,(H,17,19).